The van der Waals surface area contributed by atoms with E-state index in [2.05, 4.69) is 25.9 Å². The van der Waals surface area contributed by atoms with Crippen LogP contribution in [0.2, 0.25) is 10.2 Å². The van der Waals surface area contributed by atoms with Gasteiger partial charge in [0.1, 0.15) is 22.5 Å². The highest BCUT2D eigenvalue weighted by Crippen LogP contribution is 2.33. The van der Waals surface area contributed by atoms with Crippen LogP contribution in [-0.2, 0) is 0 Å². The molecule has 0 N–H and O–H groups in total. The van der Waals surface area contributed by atoms with E-state index >= 15 is 0 Å². The third-order valence-corrected chi connectivity index (χ3v) is 3.08. The van der Waals surface area contributed by atoms with E-state index in [1.165, 1.54) is 12.1 Å². The van der Waals surface area contributed by atoms with E-state index in [4.69, 9.17) is 27.9 Å². The zero-order chi connectivity index (χ0) is 13.3. The molecule has 1 heterocycles. The van der Waals surface area contributed by atoms with Gasteiger partial charge in [0.2, 0.25) is 5.88 Å². The zero-order valence-electron chi connectivity index (χ0n) is 9.05. The predicted octanol–water partition coefficient (Wildman–Crippen LogP) is 4.79. The van der Waals surface area contributed by atoms with E-state index < -0.39 is 5.82 Å². The van der Waals surface area contributed by atoms with E-state index in [-0.39, 0.29) is 21.8 Å². The van der Waals surface area contributed by atoms with Crippen LogP contribution >= 0.6 is 39.1 Å². The number of hydrogen-bond acceptors (Lipinski definition) is 3. The lowest BCUT2D eigenvalue weighted by Crippen LogP contribution is -1.94. The second-order valence-electron chi connectivity index (χ2n) is 3.37. The minimum atomic E-state index is -0.577. The molecule has 0 aliphatic rings. The molecule has 0 bridgehead atoms. The molecule has 0 spiro atoms. The Bertz CT molecular complexity index is 590. The van der Waals surface area contributed by atoms with Gasteiger partial charge >= 0.3 is 0 Å². The van der Waals surface area contributed by atoms with Crippen molar-refractivity contribution in [3.63, 3.8) is 0 Å². The van der Waals surface area contributed by atoms with Crippen LogP contribution in [0.3, 0.4) is 0 Å². The Hall–Kier alpha value is -0.910. The van der Waals surface area contributed by atoms with Crippen molar-refractivity contribution in [2.45, 2.75) is 6.92 Å². The van der Waals surface area contributed by atoms with Gasteiger partial charge in [0.05, 0.1) is 9.50 Å². The third kappa shape index (κ3) is 3.10. The first-order valence-electron chi connectivity index (χ1n) is 4.79. The van der Waals surface area contributed by atoms with Crippen LogP contribution in [0.1, 0.15) is 5.82 Å². The summed E-state index contributed by atoms with van der Waals surface area (Å²) >= 11 is 14.6. The molecule has 0 fully saturated rings. The van der Waals surface area contributed by atoms with Crippen molar-refractivity contribution in [3.8, 4) is 11.6 Å². The van der Waals surface area contributed by atoms with Gasteiger partial charge in [-0.05, 0) is 28.9 Å². The van der Waals surface area contributed by atoms with Crippen molar-refractivity contribution in [1.29, 1.82) is 0 Å². The molecule has 18 heavy (non-hydrogen) atoms. The molecule has 0 amide bonds. The summed E-state index contributed by atoms with van der Waals surface area (Å²) in [5.41, 5.74) is 0. The van der Waals surface area contributed by atoms with E-state index in [0.717, 1.165) is 6.07 Å². The standard InChI is InChI=1S/C11H6BrCl2FN2O/c1-5-16-10(14)4-11(17-5)18-9-3-8(15)7(13)2-6(9)12/h2-4H,1H3. The number of halogens is 4. The number of aromatic nitrogens is 2. The molecule has 94 valence electrons. The van der Waals surface area contributed by atoms with Crippen LogP contribution in [0.5, 0.6) is 11.6 Å². The predicted molar refractivity (Wildman–Crippen MR) is 71.0 cm³/mol. The Balaban J connectivity index is 2.36. The first-order chi connectivity index (χ1) is 8.45. The fourth-order valence-corrected chi connectivity index (χ4v) is 2.19. The summed E-state index contributed by atoms with van der Waals surface area (Å²) in [6.45, 7) is 1.68. The smallest absolute Gasteiger partial charge is 0.224 e. The van der Waals surface area contributed by atoms with Gasteiger partial charge < -0.3 is 4.74 Å². The van der Waals surface area contributed by atoms with Gasteiger partial charge in [-0.2, -0.15) is 4.98 Å². The van der Waals surface area contributed by atoms with Crippen molar-refractivity contribution in [1.82, 2.24) is 9.97 Å². The highest BCUT2D eigenvalue weighted by atomic mass is 79.9. The minimum Gasteiger partial charge on any atom is -0.438 e. The molecule has 0 saturated carbocycles. The molecule has 0 radical (unpaired) electrons. The zero-order valence-corrected chi connectivity index (χ0v) is 12.1. The minimum absolute atomic E-state index is 0.00567. The van der Waals surface area contributed by atoms with Crippen LogP contribution in [0, 0.1) is 12.7 Å². The molecule has 0 aliphatic heterocycles. The van der Waals surface area contributed by atoms with Crippen LogP contribution in [0.25, 0.3) is 0 Å². The normalized spacial score (nSPS) is 10.5. The van der Waals surface area contributed by atoms with Gasteiger partial charge in [-0.15, -0.1) is 0 Å². The molecule has 0 aliphatic carbocycles. The lowest BCUT2D eigenvalue weighted by molar-refractivity contribution is 0.452. The SMILES string of the molecule is Cc1nc(Cl)cc(Oc2cc(F)c(Cl)cc2Br)n1. The molecule has 0 atom stereocenters. The van der Waals surface area contributed by atoms with Gasteiger partial charge in [0.25, 0.3) is 0 Å². The van der Waals surface area contributed by atoms with Crippen LogP contribution in [0.4, 0.5) is 4.39 Å². The summed E-state index contributed by atoms with van der Waals surface area (Å²) in [5.74, 6) is 0.371. The summed E-state index contributed by atoms with van der Waals surface area (Å²) in [5, 5.41) is 0.259. The molecule has 1 aromatic heterocycles. The topological polar surface area (TPSA) is 35.0 Å². The van der Waals surface area contributed by atoms with Crippen molar-refractivity contribution in [2.75, 3.05) is 0 Å². The highest BCUT2D eigenvalue weighted by Gasteiger charge is 2.10. The van der Waals surface area contributed by atoms with Crippen molar-refractivity contribution in [2.24, 2.45) is 0 Å². The Morgan fingerprint density at radius 2 is 1.94 bits per heavy atom. The second kappa shape index (κ2) is 5.38. The monoisotopic (exact) mass is 350 g/mol. The van der Waals surface area contributed by atoms with Crippen molar-refractivity contribution >= 4 is 39.1 Å². The van der Waals surface area contributed by atoms with Gasteiger partial charge in [-0.25, -0.2) is 9.37 Å². The number of aryl methyl sites for hydroxylation is 1. The molecule has 3 nitrogen and oxygen atoms in total. The van der Waals surface area contributed by atoms with E-state index in [9.17, 15) is 4.39 Å². The van der Waals surface area contributed by atoms with Crippen LogP contribution in [-0.4, -0.2) is 9.97 Å². The average Bonchev–Trinajstić information content (AvgIpc) is 2.24. The van der Waals surface area contributed by atoms with Gasteiger partial charge in [0.15, 0.2) is 0 Å². The Morgan fingerprint density at radius 1 is 1.22 bits per heavy atom. The number of hydrogen-bond donors (Lipinski definition) is 0. The van der Waals surface area contributed by atoms with Gasteiger partial charge in [-0.1, -0.05) is 23.2 Å². The number of rotatable bonds is 2. The summed E-state index contributed by atoms with van der Waals surface area (Å²) < 4.78 is 19.3. The molecular weight excluding hydrogens is 346 g/mol. The van der Waals surface area contributed by atoms with Gasteiger partial charge in [-0.3, -0.25) is 0 Å². The van der Waals surface area contributed by atoms with Gasteiger partial charge in [0, 0.05) is 12.1 Å². The maximum Gasteiger partial charge on any atom is 0.224 e. The molecule has 2 aromatic rings. The second-order valence-corrected chi connectivity index (χ2v) is 5.02. The van der Waals surface area contributed by atoms with Crippen molar-refractivity contribution < 1.29 is 9.13 Å². The summed E-state index contributed by atoms with van der Waals surface area (Å²) in [6, 6.07) is 4.01. The quantitative estimate of drug-likeness (QED) is 0.576. The molecule has 7 heteroatoms. The fourth-order valence-electron chi connectivity index (χ4n) is 1.25. The lowest BCUT2D eigenvalue weighted by atomic mass is 10.3. The maximum absolute atomic E-state index is 13.3. The molecule has 0 unspecified atom stereocenters. The fraction of sp³-hybridized carbons (Fsp3) is 0.0909. The first-order valence-corrected chi connectivity index (χ1v) is 6.34. The summed E-state index contributed by atoms with van der Waals surface area (Å²) in [6.07, 6.45) is 0. The Morgan fingerprint density at radius 3 is 2.61 bits per heavy atom. The average molecular weight is 352 g/mol. The largest absolute Gasteiger partial charge is 0.438 e. The molecular formula is C11H6BrCl2FN2O. The third-order valence-electron chi connectivity index (χ3n) is 1.97. The van der Waals surface area contributed by atoms with Crippen molar-refractivity contribution in [3.05, 3.63) is 44.5 Å². The number of benzene rings is 1. The maximum atomic E-state index is 13.3. The summed E-state index contributed by atoms with van der Waals surface area (Å²) in [4.78, 5) is 7.93. The molecule has 0 saturated heterocycles. The van der Waals surface area contributed by atoms with E-state index in [1.54, 1.807) is 6.92 Å². The first kappa shape index (κ1) is 13.5. The van der Waals surface area contributed by atoms with Crippen LogP contribution in [0.15, 0.2) is 22.7 Å². The van der Waals surface area contributed by atoms with E-state index in [0.29, 0.717) is 10.3 Å². The molecule has 1 aromatic carbocycles. The van der Waals surface area contributed by atoms with Crippen LogP contribution < -0.4 is 4.74 Å². The summed E-state index contributed by atoms with van der Waals surface area (Å²) in [7, 11) is 0. The Labute approximate surface area is 121 Å². The number of nitrogens with zero attached hydrogens (tertiary/aromatic N) is 2. The highest BCUT2D eigenvalue weighted by molar-refractivity contribution is 9.10. The number of ether oxygens (including phenoxy) is 1. The lowest BCUT2D eigenvalue weighted by Gasteiger charge is -2.08. The Kier molecular flexibility index (Phi) is 4.04. The molecule has 2 rings (SSSR count). The van der Waals surface area contributed by atoms with E-state index in [1.807, 2.05) is 0 Å².